The number of carbonyl (C=O) groups is 1. The number of aryl methyl sites for hydroxylation is 2. The number of thiazole rings is 2. The molecule has 0 aliphatic carbocycles. The molecule has 0 aliphatic heterocycles. The van der Waals surface area contributed by atoms with Crippen molar-refractivity contribution in [2.45, 2.75) is 13.8 Å². The van der Waals surface area contributed by atoms with E-state index in [2.05, 4.69) is 20.4 Å². The van der Waals surface area contributed by atoms with Crippen molar-refractivity contribution in [2.24, 2.45) is 0 Å². The Kier molecular flexibility index (Phi) is 4.34. The van der Waals surface area contributed by atoms with Gasteiger partial charge in [-0.15, -0.1) is 11.3 Å². The predicted molar refractivity (Wildman–Crippen MR) is 117 cm³/mol. The summed E-state index contributed by atoms with van der Waals surface area (Å²) in [6, 6.07) is 11.1. The van der Waals surface area contributed by atoms with Crippen molar-refractivity contribution >= 4 is 65.7 Å². The number of halogens is 1. The summed E-state index contributed by atoms with van der Waals surface area (Å²) in [6.45, 7) is 3.68. The van der Waals surface area contributed by atoms with Gasteiger partial charge in [0.05, 0.1) is 30.5 Å². The van der Waals surface area contributed by atoms with Gasteiger partial charge >= 0.3 is 0 Å². The molecule has 0 radical (unpaired) electrons. The highest BCUT2D eigenvalue weighted by Gasteiger charge is 2.24. The Morgan fingerprint density at radius 3 is 2.55 bits per heavy atom. The zero-order valence-corrected chi connectivity index (χ0v) is 17.7. The van der Waals surface area contributed by atoms with E-state index in [0.717, 1.165) is 25.4 Å². The van der Waals surface area contributed by atoms with Crippen LogP contribution in [0.1, 0.15) is 21.1 Å². The summed E-state index contributed by atoms with van der Waals surface area (Å²) in [4.78, 5) is 22.1. The van der Waals surface area contributed by atoms with Gasteiger partial charge in [-0.05, 0) is 32.0 Å². The van der Waals surface area contributed by atoms with Crippen molar-refractivity contribution in [3.63, 3.8) is 0 Å². The Morgan fingerprint density at radius 2 is 1.76 bits per heavy atom. The van der Waals surface area contributed by atoms with E-state index in [1.54, 1.807) is 30.4 Å². The van der Waals surface area contributed by atoms with E-state index >= 15 is 0 Å². The smallest absolute Gasteiger partial charge is 0.263 e. The van der Waals surface area contributed by atoms with Gasteiger partial charge in [-0.25, -0.2) is 9.97 Å². The fraction of sp³-hybridized carbons (Fsp3) is 0.100. The molecule has 5 aromatic rings. The molecule has 9 heteroatoms. The Hall–Kier alpha value is -2.81. The molecule has 2 aromatic carbocycles. The minimum absolute atomic E-state index is 0.338. The lowest BCUT2D eigenvalue weighted by atomic mass is 10.1. The lowest BCUT2D eigenvalue weighted by Gasteiger charge is -2.04. The van der Waals surface area contributed by atoms with Crippen molar-refractivity contribution in [1.82, 2.24) is 15.1 Å². The van der Waals surface area contributed by atoms with E-state index in [0.29, 0.717) is 32.7 Å². The minimum Gasteiger partial charge on any atom is -0.360 e. The van der Waals surface area contributed by atoms with Crippen molar-refractivity contribution in [1.29, 1.82) is 0 Å². The second-order valence-electron chi connectivity index (χ2n) is 6.41. The molecule has 0 unspecified atom stereocenters. The van der Waals surface area contributed by atoms with Crippen LogP contribution >= 0.6 is 34.3 Å². The number of carbonyl (C=O) groups excluding carboxylic acids is 1. The van der Waals surface area contributed by atoms with Crippen molar-refractivity contribution in [3.8, 4) is 11.3 Å². The fourth-order valence-electron chi connectivity index (χ4n) is 3.17. The second kappa shape index (κ2) is 6.91. The standard InChI is InChI=1S/C20H13ClN4O2S2/c1-9-15(16(25-27-9)11-5-3-4-6-12(11)21)19(26)24-20-23-14-8-7-13-17(18(14)29-20)28-10(2)22-13/h3-8H,1-2H3,(H,23,24,26). The van der Waals surface area contributed by atoms with Crippen LogP contribution in [0.5, 0.6) is 0 Å². The van der Waals surface area contributed by atoms with Gasteiger partial charge in [-0.2, -0.15) is 0 Å². The molecule has 1 N–H and O–H groups in total. The number of hydrogen-bond acceptors (Lipinski definition) is 7. The summed E-state index contributed by atoms with van der Waals surface area (Å²) in [5.74, 6) is 0.0773. The number of nitrogens with zero attached hydrogens (tertiary/aromatic N) is 3. The third-order valence-corrected chi connectivity index (χ3v) is 6.93. The molecule has 3 heterocycles. The molecule has 29 heavy (non-hydrogen) atoms. The molecule has 0 aliphatic rings. The van der Waals surface area contributed by atoms with Crippen molar-refractivity contribution in [2.75, 3.05) is 5.32 Å². The summed E-state index contributed by atoms with van der Waals surface area (Å²) in [5, 5.41) is 8.94. The number of rotatable bonds is 3. The average Bonchev–Trinajstić information content (AvgIpc) is 3.37. The third kappa shape index (κ3) is 3.09. The SMILES string of the molecule is Cc1nc2ccc3nc(NC(=O)c4c(-c5ccccc5Cl)noc4C)sc3c2s1. The normalized spacial score (nSPS) is 11.4. The van der Waals surface area contributed by atoms with Gasteiger partial charge in [-0.1, -0.05) is 46.3 Å². The topological polar surface area (TPSA) is 80.9 Å². The van der Waals surface area contributed by atoms with Crippen LogP contribution in [0.3, 0.4) is 0 Å². The second-order valence-corrected chi connectivity index (χ2v) is 9.02. The van der Waals surface area contributed by atoms with E-state index in [-0.39, 0.29) is 5.91 Å². The van der Waals surface area contributed by atoms with E-state index in [1.807, 2.05) is 31.2 Å². The van der Waals surface area contributed by atoms with E-state index in [9.17, 15) is 4.79 Å². The quantitative estimate of drug-likeness (QED) is 0.367. The molecule has 6 nitrogen and oxygen atoms in total. The molecule has 144 valence electrons. The molecule has 3 aromatic heterocycles. The number of aromatic nitrogens is 3. The summed E-state index contributed by atoms with van der Waals surface area (Å²) >= 11 is 9.34. The number of anilines is 1. The van der Waals surface area contributed by atoms with Crippen LogP contribution in [0.15, 0.2) is 40.9 Å². The van der Waals surface area contributed by atoms with Crippen LogP contribution in [0.2, 0.25) is 5.02 Å². The summed E-state index contributed by atoms with van der Waals surface area (Å²) < 4.78 is 7.38. The average molecular weight is 441 g/mol. The Balaban J connectivity index is 1.54. The lowest BCUT2D eigenvalue weighted by Crippen LogP contribution is -2.13. The first-order valence-electron chi connectivity index (χ1n) is 8.70. The highest BCUT2D eigenvalue weighted by Crippen LogP contribution is 2.36. The molecule has 0 saturated carbocycles. The van der Waals surface area contributed by atoms with Gasteiger partial charge in [0, 0.05) is 5.56 Å². The largest absolute Gasteiger partial charge is 0.360 e. The molecule has 1 amide bonds. The van der Waals surface area contributed by atoms with Gasteiger partial charge in [0.15, 0.2) is 5.13 Å². The zero-order chi connectivity index (χ0) is 20.1. The first-order valence-corrected chi connectivity index (χ1v) is 10.7. The van der Waals surface area contributed by atoms with Crippen LogP contribution in [-0.4, -0.2) is 21.0 Å². The van der Waals surface area contributed by atoms with Gasteiger partial charge in [0.1, 0.15) is 17.0 Å². The van der Waals surface area contributed by atoms with Crippen LogP contribution < -0.4 is 5.32 Å². The number of fused-ring (bicyclic) bond motifs is 3. The van der Waals surface area contributed by atoms with Crippen molar-refractivity contribution < 1.29 is 9.32 Å². The Labute approximate surface area is 178 Å². The maximum Gasteiger partial charge on any atom is 0.263 e. The Morgan fingerprint density at radius 1 is 1.03 bits per heavy atom. The van der Waals surface area contributed by atoms with E-state index in [1.165, 1.54) is 11.3 Å². The van der Waals surface area contributed by atoms with Crippen LogP contribution in [0.25, 0.3) is 31.7 Å². The third-order valence-electron chi connectivity index (χ3n) is 4.46. The fourth-order valence-corrected chi connectivity index (χ4v) is 5.40. The molecular weight excluding hydrogens is 428 g/mol. The highest BCUT2D eigenvalue weighted by atomic mass is 35.5. The number of amides is 1. The van der Waals surface area contributed by atoms with Gasteiger partial charge in [0.2, 0.25) is 0 Å². The van der Waals surface area contributed by atoms with Crippen LogP contribution in [-0.2, 0) is 0 Å². The van der Waals surface area contributed by atoms with Crippen LogP contribution in [0.4, 0.5) is 5.13 Å². The van der Waals surface area contributed by atoms with E-state index in [4.69, 9.17) is 16.1 Å². The Bertz CT molecular complexity index is 1400. The molecular formula is C20H13ClN4O2S2. The molecule has 0 spiro atoms. The summed E-state index contributed by atoms with van der Waals surface area (Å²) in [5.41, 5.74) is 3.16. The number of benzene rings is 2. The first kappa shape index (κ1) is 18.2. The highest BCUT2D eigenvalue weighted by molar-refractivity contribution is 7.28. The number of hydrogen-bond donors (Lipinski definition) is 1. The molecule has 0 atom stereocenters. The van der Waals surface area contributed by atoms with Crippen molar-refractivity contribution in [3.05, 3.63) is 57.8 Å². The first-order chi connectivity index (χ1) is 14.0. The summed E-state index contributed by atoms with van der Waals surface area (Å²) in [6.07, 6.45) is 0. The van der Waals surface area contributed by atoms with Crippen LogP contribution in [0, 0.1) is 13.8 Å². The minimum atomic E-state index is -0.338. The zero-order valence-electron chi connectivity index (χ0n) is 15.3. The molecule has 0 bridgehead atoms. The summed E-state index contributed by atoms with van der Waals surface area (Å²) in [7, 11) is 0. The van der Waals surface area contributed by atoms with Gasteiger partial charge in [0.25, 0.3) is 5.91 Å². The maximum absolute atomic E-state index is 13.0. The molecule has 5 rings (SSSR count). The number of nitrogens with one attached hydrogen (secondary N) is 1. The van der Waals surface area contributed by atoms with Gasteiger partial charge < -0.3 is 4.52 Å². The van der Waals surface area contributed by atoms with Gasteiger partial charge in [-0.3, -0.25) is 10.1 Å². The molecule has 0 saturated heterocycles. The predicted octanol–water partition coefficient (Wildman–Crippen LogP) is 6.08. The lowest BCUT2D eigenvalue weighted by molar-refractivity contribution is 0.102. The van der Waals surface area contributed by atoms with E-state index < -0.39 is 0 Å². The maximum atomic E-state index is 13.0. The molecule has 0 fully saturated rings. The monoisotopic (exact) mass is 440 g/mol.